The molecule has 2 nitrogen and oxygen atoms in total. The van der Waals surface area contributed by atoms with Crippen LogP contribution in [0.1, 0.15) is 59.8 Å². The van der Waals surface area contributed by atoms with E-state index in [1.165, 1.54) is 0 Å². The molecule has 0 spiro atoms. The van der Waals surface area contributed by atoms with E-state index in [1.807, 2.05) is 0 Å². The van der Waals surface area contributed by atoms with Gasteiger partial charge in [-0.1, -0.05) is 20.8 Å². The third-order valence-electron chi connectivity index (χ3n) is 1.71. The summed E-state index contributed by atoms with van der Waals surface area (Å²) in [5.74, 6) is 0.563. The average molecular weight is 410 g/mol. The predicted octanol–water partition coefficient (Wildman–Crippen LogP) is 3.79. The SMILES string of the molecule is [CH2-]CCC(=O)CC(C)(C)C.[CH2-]CCC(C)=O.[W+2]. The van der Waals surface area contributed by atoms with Crippen LogP contribution in [0.15, 0.2) is 0 Å². The monoisotopic (exact) mass is 410 g/mol. The Balaban J connectivity index is -0.000000244. The summed E-state index contributed by atoms with van der Waals surface area (Å²) in [5, 5.41) is 0. The molecule has 0 aliphatic heterocycles. The van der Waals surface area contributed by atoms with Crippen molar-refractivity contribution in [2.45, 2.75) is 59.8 Å². The Labute approximate surface area is 121 Å². The van der Waals surface area contributed by atoms with Crippen LogP contribution in [-0.4, -0.2) is 11.6 Å². The largest absolute Gasteiger partial charge is 2.00 e. The van der Waals surface area contributed by atoms with Crippen LogP contribution < -0.4 is 0 Å². The zero-order valence-corrected chi connectivity index (χ0v) is 14.6. The number of carbonyl (C=O) groups is 2. The number of ketones is 2. The Morgan fingerprint density at radius 1 is 1.00 bits per heavy atom. The van der Waals surface area contributed by atoms with E-state index in [4.69, 9.17) is 0 Å². The molecule has 0 aromatic heterocycles. The summed E-state index contributed by atoms with van der Waals surface area (Å²) in [6.45, 7) is 14.9. The molecule has 0 unspecified atom stereocenters. The van der Waals surface area contributed by atoms with Crippen molar-refractivity contribution in [3.8, 4) is 0 Å². The van der Waals surface area contributed by atoms with Crippen LogP contribution in [0, 0.1) is 19.3 Å². The van der Waals surface area contributed by atoms with Crippen LogP contribution in [0.5, 0.6) is 0 Å². The molecule has 0 atom stereocenters. The number of rotatable bonds is 5. The van der Waals surface area contributed by atoms with Gasteiger partial charge in [0, 0.05) is 6.42 Å². The van der Waals surface area contributed by atoms with Gasteiger partial charge >= 0.3 is 21.1 Å². The standard InChI is InChI=1S/C9H17O.C5H9O.W/c1-5-6-8(10)7-9(2,3)4;1-3-4-5(2)6;/h1,5-7H2,2-4H3;1,3-4H2,2H3;/q2*-1;+2. The molecule has 0 amide bonds. The van der Waals surface area contributed by atoms with Crippen LogP contribution >= 0.6 is 0 Å². The minimum atomic E-state index is 0. The third kappa shape index (κ3) is 25.9. The molecule has 0 heterocycles. The van der Waals surface area contributed by atoms with E-state index in [2.05, 4.69) is 34.6 Å². The van der Waals surface area contributed by atoms with E-state index in [0.717, 1.165) is 12.8 Å². The van der Waals surface area contributed by atoms with Gasteiger partial charge in [0.15, 0.2) is 0 Å². The summed E-state index contributed by atoms with van der Waals surface area (Å²) in [4.78, 5) is 21.0. The van der Waals surface area contributed by atoms with Gasteiger partial charge in [0.05, 0.1) is 0 Å². The predicted molar refractivity (Wildman–Crippen MR) is 68.9 cm³/mol. The average Bonchev–Trinajstić information content (AvgIpc) is 2.01. The third-order valence-corrected chi connectivity index (χ3v) is 1.71. The molecular formula is C14H26O2W. The second kappa shape index (κ2) is 12.5. The summed E-state index contributed by atoms with van der Waals surface area (Å²) >= 11 is 0. The Hall–Kier alpha value is 0.0283. The zero-order chi connectivity index (χ0) is 13.2. The second-order valence-electron chi connectivity index (χ2n) is 5.19. The topological polar surface area (TPSA) is 34.1 Å². The Bertz CT molecular complexity index is 205. The van der Waals surface area contributed by atoms with Crippen LogP contribution in [-0.2, 0) is 30.7 Å². The molecule has 0 rings (SSSR count). The number of hydrogen-bond donors (Lipinski definition) is 0. The van der Waals surface area contributed by atoms with Gasteiger partial charge in [-0.15, -0.1) is 0 Å². The van der Waals surface area contributed by atoms with Crippen molar-refractivity contribution in [1.82, 2.24) is 0 Å². The number of carbonyl (C=O) groups excluding carboxylic acids is 2. The van der Waals surface area contributed by atoms with E-state index in [1.54, 1.807) is 6.92 Å². The maximum Gasteiger partial charge on any atom is 2.00 e. The van der Waals surface area contributed by atoms with Crippen molar-refractivity contribution in [2.75, 3.05) is 0 Å². The van der Waals surface area contributed by atoms with E-state index in [0.29, 0.717) is 25.0 Å². The van der Waals surface area contributed by atoms with Gasteiger partial charge in [0.1, 0.15) is 11.6 Å². The first-order valence-electron chi connectivity index (χ1n) is 5.82. The van der Waals surface area contributed by atoms with Gasteiger partial charge in [-0.3, -0.25) is 4.79 Å². The maximum atomic E-state index is 11.0. The van der Waals surface area contributed by atoms with Crippen LogP contribution in [0.3, 0.4) is 0 Å². The van der Waals surface area contributed by atoms with Crippen LogP contribution in [0.4, 0.5) is 0 Å². The Kier molecular flexibility index (Phi) is 16.3. The second-order valence-corrected chi connectivity index (χ2v) is 5.19. The van der Waals surface area contributed by atoms with Crippen molar-refractivity contribution in [2.24, 2.45) is 5.41 Å². The van der Waals surface area contributed by atoms with Gasteiger partial charge in [0.2, 0.25) is 0 Å². The van der Waals surface area contributed by atoms with Gasteiger partial charge in [0.25, 0.3) is 0 Å². The van der Waals surface area contributed by atoms with E-state index < -0.39 is 0 Å². The van der Waals surface area contributed by atoms with Crippen molar-refractivity contribution in [1.29, 1.82) is 0 Å². The molecule has 0 aliphatic carbocycles. The van der Waals surface area contributed by atoms with Gasteiger partial charge < -0.3 is 18.6 Å². The molecule has 0 radical (unpaired) electrons. The minimum Gasteiger partial charge on any atom is -0.343 e. The first-order chi connectivity index (χ1) is 7.22. The Morgan fingerprint density at radius 2 is 1.41 bits per heavy atom. The normalized spacial score (nSPS) is 9.76. The fraction of sp³-hybridized carbons (Fsp3) is 0.714. The van der Waals surface area contributed by atoms with Gasteiger partial charge in [-0.05, 0) is 25.2 Å². The molecule has 0 aromatic carbocycles. The summed E-state index contributed by atoms with van der Waals surface area (Å²) < 4.78 is 0. The smallest absolute Gasteiger partial charge is 0.343 e. The molecular weight excluding hydrogens is 384 g/mol. The summed E-state index contributed by atoms with van der Waals surface area (Å²) in [7, 11) is 0. The molecule has 0 aliphatic rings. The summed E-state index contributed by atoms with van der Waals surface area (Å²) in [6, 6.07) is 0. The summed E-state index contributed by atoms with van der Waals surface area (Å²) in [5.41, 5.74) is 0.145. The van der Waals surface area contributed by atoms with E-state index in [9.17, 15) is 9.59 Å². The van der Waals surface area contributed by atoms with Gasteiger partial charge in [-0.25, -0.2) is 0 Å². The first-order valence-corrected chi connectivity index (χ1v) is 5.82. The molecule has 0 bridgehead atoms. The molecule has 17 heavy (non-hydrogen) atoms. The minimum absolute atomic E-state index is 0. The van der Waals surface area contributed by atoms with Crippen LogP contribution in [0.25, 0.3) is 0 Å². The fourth-order valence-corrected chi connectivity index (χ4v) is 1.13. The molecule has 0 saturated carbocycles. The van der Waals surface area contributed by atoms with Crippen LogP contribution in [0.2, 0.25) is 0 Å². The van der Waals surface area contributed by atoms with Gasteiger partial charge in [-0.2, -0.15) is 12.8 Å². The van der Waals surface area contributed by atoms with E-state index in [-0.39, 0.29) is 32.3 Å². The zero-order valence-electron chi connectivity index (χ0n) is 11.7. The first kappa shape index (κ1) is 22.2. The number of Topliss-reactive ketones (excluding diaryl/α,β-unsaturated/α-hetero) is 2. The molecule has 0 aromatic rings. The van der Waals surface area contributed by atoms with Crippen molar-refractivity contribution in [3.05, 3.63) is 13.8 Å². The molecule has 3 heteroatoms. The van der Waals surface area contributed by atoms with Crippen molar-refractivity contribution in [3.63, 3.8) is 0 Å². The molecule has 100 valence electrons. The molecule has 0 N–H and O–H groups in total. The fourth-order valence-electron chi connectivity index (χ4n) is 1.13. The van der Waals surface area contributed by atoms with E-state index >= 15 is 0 Å². The molecule has 0 saturated heterocycles. The molecule has 0 fully saturated rings. The number of hydrogen-bond acceptors (Lipinski definition) is 2. The maximum absolute atomic E-state index is 11.0. The summed E-state index contributed by atoms with van der Waals surface area (Å²) in [6.07, 6.45) is 3.41. The quantitative estimate of drug-likeness (QED) is 0.647. The van der Waals surface area contributed by atoms with Crippen molar-refractivity contribution < 1.29 is 30.7 Å². The Morgan fingerprint density at radius 3 is 1.59 bits per heavy atom. The van der Waals surface area contributed by atoms with Crippen molar-refractivity contribution >= 4 is 11.6 Å².